The van der Waals surface area contributed by atoms with E-state index in [0.717, 1.165) is 21.9 Å². The molecule has 0 aliphatic rings. The highest BCUT2D eigenvalue weighted by Gasteiger charge is 2.29. The van der Waals surface area contributed by atoms with Gasteiger partial charge in [-0.15, -0.1) is 6.58 Å². The number of nitrogens with zero attached hydrogens (tertiary/aromatic N) is 2. The third-order valence-corrected chi connectivity index (χ3v) is 7.96. The Hall–Kier alpha value is -4.03. The maximum Gasteiger partial charge on any atom is 0.191 e. The lowest BCUT2D eigenvalue weighted by molar-refractivity contribution is 0.590. The second-order valence-electron chi connectivity index (χ2n) is 7.97. The van der Waals surface area contributed by atoms with Gasteiger partial charge in [-0.05, 0) is 63.9 Å². The van der Waals surface area contributed by atoms with E-state index in [4.69, 9.17) is 0 Å². The van der Waals surface area contributed by atoms with Gasteiger partial charge in [0.15, 0.2) is 9.84 Å². The van der Waals surface area contributed by atoms with Gasteiger partial charge in [-0.3, -0.25) is 0 Å². The van der Waals surface area contributed by atoms with Crippen molar-refractivity contribution in [1.29, 1.82) is 0 Å². The minimum atomic E-state index is -3.79. The quantitative estimate of drug-likeness (QED) is 0.266. The molecule has 4 nitrogen and oxygen atoms in total. The Balaban J connectivity index is 1.55. The second-order valence-corrected chi connectivity index (χ2v) is 10.0. The van der Waals surface area contributed by atoms with Gasteiger partial charge in [-0.1, -0.05) is 54.6 Å². The average Bonchev–Trinajstić information content (AvgIpc) is 3.39. The number of para-hydroxylation sites is 1. The summed E-state index contributed by atoms with van der Waals surface area (Å²) in [5.74, 6) is -0.277. The van der Waals surface area contributed by atoms with Crippen LogP contribution in [0.25, 0.3) is 27.6 Å². The summed E-state index contributed by atoms with van der Waals surface area (Å²) in [5.41, 5.74) is 3.05. The summed E-state index contributed by atoms with van der Waals surface area (Å²) >= 11 is 0. The topological polar surface area (TPSA) is 52.0 Å². The number of fused-ring (bicyclic) bond motifs is 1. The van der Waals surface area contributed by atoms with Crippen LogP contribution in [0.4, 0.5) is 4.39 Å². The van der Waals surface area contributed by atoms with Crippen LogP contribution in [0.3, 0.4) is 0 Å². The molecule has 6 heteroatoms. The number of benzene rings is 4. The van der Waals surface area contributed by atoms with E-state index in [1.807, 2.05) is 36.4 Å². The van der Waals surface area contributed by atoms with Crippen molar-refractivity contribution < 1.29 is 12.8 Å². The fourth-order valence-corrected chi connectivity index (χ4v) is 5.92. The molecule has 0 amide bonds. The minimum absolute atomic E-state index is 0.213. The standard InChI is InChI=1S/C28H21FN2O2S/c1-2-27(34(32,33)28-6-4-3-5-26(28)31-16-15-30-19-31)24-10-9-22-17-21(7-8-23(22)18-24)20-11-13-25(29)14-12-20/h2-19,27H,1H2. The Labute approximate surface area is 197 Å². The molecule has 1 aromatic heterocycles. The molecule has 0 spiro atoms. The highest BCUT2D eigenvalue weighted by atomic mass is 32.2. The molecule has 5 rings (SSSR count). The van der Waals surface area contributed by atoms with Gasteiger partial charge in [0, 0.05) is 12.4 Å². The third kappa shape index (κ3) is 3.93. The number of hydrogen-bond acceptors (Lipinski definition) is 3. The molecule has 4 aromatic carbocycles. The number of halogens is 1. The molecule has 1 atom stereocenters. The van der Waals surface area contributed by atoms with Crippen molar-refractivity contribution in [3.63, 3.8) is 0 Å². The largest absolute Gasteiger partial charge is 0.305 e. The number of hydrogen-bond donors (Lipinski definition) is 0. The van der Waals surface area contributed by atoms with Crippen molar-refractivity contribution in [2.24, 2.45) is 0 Å². The normalized spacial score (nSPS) is 12.5. The predicted octanol–water partition coefficient (Wildman–Crippen LogP) is 6.53. The van der Waals surface area contributed by atoms with Crippen molar-refractivity contribution in [3.05, 3.63) is 128 Å². The fourth-order valence-electron chi connectivity index (χ4n) is 4.15. The summed E-state index contributed by atoms with van der Waals surface area (Å²) in [6, 6.07) is 24.7. The highest BCUT2D eigenvalue weighted by Crippen LogP contribution is 2.35. The van der Waals surface area contributed by atoms with E-state index in [1.54, 1.807) is 59.7 Å². The van der Waals surface area contributed by atoms with Crippen molar-refractivity contribution in [2.45, 2.75) is 10.1 Å². The first-order chi connectivity index (χ1) is 16.5. The Morgan fingerprint density at radius 3 is 2.32 bits per heavy atom. The van der Waals surface area contributed by atoms with Gasteiger partial charge in [0.1, 0.15) is 11.1 Å². The highest BCUT2D eigenvalue weighted by molar-refractivity contribution is 7.92. The Morgan fingerprint density at radius 2 is 1.59 bits per heavy atom. The van der Waals surface area contributed by atoms with Gasteiger partial charge in [0.05, 0.1) is 16.9 Å². The van der Waals surface area contributed by atoms with Gasteiger partial charge in [-0.25, -0.2) is 17.8 Å². The van der Waals surface area contributed by atoms with E-state index in [1.165, 1.54) is 18.2 Å². The maximum absolute atomic E-state index is 13.7. The van der Waals surface area contributed by atoms with Gasteiger partial charge in [-0.2, -0.15) is 0 Å². The minimum Gasteiger partial charge on any atom is -0.305 e. The predicted molar refractivity (Wildman–Crippen MR) is 133 cm³/mol. The Morgan fingerprint density at radius 1 is 0.882 bits per heavy atom. The first kappa shape index (κ1) is 21.8. The lowest BCUT2D eigenvalue weighted by Gasteiger charge is -2.18. The SMILES string of the molecule is C=CC(c1ccc2cc(-c3ccc(F)cc3)ccc2c1)S(=O)(=O)c1ccccc1-n1ccnc1. The van der Waals surface area contributed by atoms with E-state index in [2.05, 4.69) is 11.6 Å². The van der Waals surface area contributed by atoms with E-state index in [-0.39, 0.29) is 10.7 Å². The molecule has 0 radical (unpaired) electrons. The third-order valence-electron chi connectivity index (χ3n) is 5.87. The van der Waals surface area contributed by atoms with Crippen LogP contribution in [0.1, 0.15) is 10.8 Å². The van der Waals surface area contributed by atoms with Crippen LogP contribution in [-0.2, 0) is 9.84 Å². The molecular weight excluding hydrogens is 447 g/mol. The van der Waals surface area contributed by atoms with Gasteiger partial charge < -0.3 is 4.57 Å². The Bertz CT molecular complexity index is 1590. The zero-order valence-electron chi connectivity index (χ0n) is 18.2. The lowest BCUT2D eigenvalue weighted by Crippen LogP contribution is -2.14. The number of rotatable bonds is 6. The van der Waals surface area contributed by atoms with E-state index in [9.17, 15) is 12.8 Å². The molecule has 0 fully saturated rings. The number of sulfone groups is 1. The second kappa shape index (κ2) is 8.72. The van der Waals surface area contributed by atoms with E-state index < -0.39 is 15.1 Å². The molecule has 0 aliphatic carbocycles. The van der Waals surface area contributed by atoms with Crippen LogP contribution in [-0.4, -0.2) is 18.0 Å². The fraction of sp³-hybridized carbons (Fsp3) is 0.0357. The smallest absolute Gasteiger partial charge is 0.191 e. The number of aromatic nitrogens is 2. The first-order valence-corrected chi connectivity index (χ1v) is 12.3. The zero-order valence-corrected chi connectivity index (χ0v) is 19.0. The summed E-state index contributed by atoms with van der Waals surface area (Å²) in [6.07, 6.45) is 6.37. The molecule has 0 aliphatic heterocycles. The molecule has 0 bridgehead atoms. The summed E-state index contributed by atoms with van der Waals surface area (Å²) in [6.45, 7) is 3.83. The molecule has 0 saturated heterocycles. The summed E-state index contributed by atoms with van der Waals surface area (Å²) in [7, 11) is -3.79. The van der Waals surface area contributed by atoms with Crippen LogP contribution in [0.15, 0.2) is 121 Å². The molecule has 5 aromatic rings. The monoisotopic (exact) mass is 468 g/mol. The van der Waals surface area contributed by atoms with E-state index >= 15 is 0 Å². The van der Waals surface area contributed by atoms with E-state index in [0.29, 0.717) is 11.3 Å². The lowest BCUT2D eigenvalue weighted by atomic mass is 9.99. The van der Waals surface area contributed by atoms with Crippen molar-refractivity contribution in [1.82, 2.24) is 9.55 Å². The molecule has 1 unspecified atom stereocenters. The van der Waals surface area contributed by atoms with Crippen LogP contribution in [0.5, 0.6) is 0 Å². The molecule has 34 heavy (non-hydrogen) atoms. The molecule has 168 valence electrons. The number of imidazole rings is 1. The molecule has 1 heterocycles. The maximum atomic E-state index is 13.7. The molecule has 0 N–H and O–H groups in total. The van der Waals surface area contributed by atoms with Crippen LogP contribution < -0.4 is 0 Å². The van der Waals surface area contributed by atoms with Crippen molar-refractivity contribution in [3.8, 4) is 16.8 Å². The summed E-state index contributed by atoms with van der Waals surface area (Å²) < 4.78 is 42.5. The van der Waals surface area contributed by atoms with Gasteiger partial charge in [0.2, 0.25) is 0 Å². The summed E-state index contributed by atoms with van der Waals surface area (Å²) in [5, 5.41) is 0.955. The van der Waals surface area contributed by atoms with Crippen LogP contribution in [0.2, 0.25) is 0 Å². The van der Waals surface area contributed by atoms with Crippen molar-refractivity contribution >= 4 is 20.6 Å². The Kier molecular flexibility index (Phi) is 5.59. The summed E-state index contributed by atoms with van der Waals surface area (Å²) in [4.78, 5) is 4.25. The molecule has 0 saturated carbocycles. The van der Waals surface area contributed by atoms with Crippen LogP contribution >= 0.6 is 0 Å². The van der Waals surface area contributed by atoms with Gasteiger partial charge >= 0.3 is 0 Å². The zero-order chi connectivity index (χ0) is 23.7. The average molecular weight is 469 g/mol. The van der Waals surface area contributed by atoms with Crippen LogP contribution in [0, 0.1) is 5.82 Å². The van der Waals surface area contributed by atoms with Gasteiger partial charge in [0.25, 0.3) is 0 Å². The first-order valence-electron chi connectivity index (χ1n) is 10.7. The van der Waals surface area contributed by atoms with Crippen molar-refractivity contribution in [2.75, 3.05) is 0 Å². The molecular formula is C28H21FN2O2S.